The first-order valence-corrected chi connectivity index (χ1v) is 7.57. The Hall–Kier alpha value is -2.59. The molecule has 0 amide bonds. The normalized spacial score (nSPS) is 11.3. The average molecular weight is 326 g/mol. The highest BCUT2D eigenvalue weighted by Gasteiger charge is 2.12. The van der Waals surface area contributed by atoms with E-state index in [-0.39, 0.29) is 5.56 Å². The fourth-order valence-corrected chi connectivity index (χ4v) is 2.56. The number of rotatable bonds is 3. The molecule has 116 valence electrons. The van der Waals surface area contributed by atoms with Crippen LogP contribution in [0.3, 0.4) is 0 Å². The lowest BCUT2D eigenvalue weighted by Gasteiger charge is -2.13. The van der Waals surface area contributed by atoms with Crippen molar-refractivity contribution in [1.82, 2.24) is 14.5 Å². The second-order valence-electron chi connectivity index (χ2n) is 5.36. The molecule has 0 aliphatic heterocycles. The third-order valence-electron chi connectivity index (χ3n) is 3.42. The number of aromatic nitrogens is 2. The summed E-state index contributed by atoms with van der Waals surface area (Å²) < 4.78 is 1.55. The Bertz CT molecular complexity index is 944. The number of para-hydroxylation sites is 2. The van der Waals surface area contributed by atoms with Gasteiger partial charge in [0.1, 0.15) is 5.82 Å². The highest BCUT2D eigenvalue weighted by molar-refractivity contribution is 6.32. The predicted octanol–water partition coefficient (Wildman–Crippen LogP) is 3.57. The van der Waals surface area contributed by atoms with Crippen LogP contribution in [0.25, 0.3) is 22.7 Å². The Balaban J connectivity index is 2.38. The highest BCUT2D eigenvalue weighted by Crippen LogP contribution is 2.21. The number of benzene rings is 2. The Morgan fingerprint density at radius 3 is 2.52 bits per heavy atom. The van der Waals surface area contributed by atoms with Crippen LogP contribution in [-0.2, 0) is 0 Å². The van der Waals surface area contributed by atoms with Gasteiger partial charge < -0.3 is 4.90 Å². The summed E-state index contributed by atoms with van der Waals surface area (Å²) in [7, 11) is 3.82. The van der Waals surface area contributed by atoms with Crippen LogP contribution in [0, 0.1) is 0 Å². The molecule has 0 unspecified atom stereocenters. The lowest BCUT2D eigenvalue weighted by molar-refractivity contribution is 0.567. The molecule has 0 saturated heterocycles. The van der Waals surface area contributed by atoms with Gasteiger partial charge in [0.15, 0.2) is 0 Å². The van der Waals surface area contributed by atoms with Gasteiger partial charge in [-0.05, 0) is 30.3 Å². The Labute approximate surface area is 139 Å². The zero-order valence-corrected chi connectivity index (χ0v) is 13.7. The smallest absolute Gasteiger partial charge is 0.266 e. The van der Waals surface area contributed by atoms with E-state index in [9.17, 15) is 4.79 Å². The summed E-state index contributed by atoms with van der Waals surface area (Å²) in [5.41, 5.74) is 1.15. The van der Waals surface area contributed by atoms with Gasteiger partial charge in [-0.15, -0.1) is 0 Å². The molecule has 0 aliphatic rings. The molecule has 0 fully saturated rings. The van der Waals surface area contributed by atoms with Crippen molar-refractivity contribution in [3.8, 4) is 5.69 Å². The Kier molecular flexibility index (Phi) is 4.17. The first kappa shape index (κ1) is 15.3. The van der Waals surface area contributed by atoms with E-state index in [4.69, 9.17) is 11.6 Å². The fraction of sp³-hybridized carbons (Fsp3) is 0.111. The zero-order chi connectivity index (χ0) is 16.4. The van der Waals surface area contributed by atoms with Crippen LogP contribution in [0.4, 0.5) is 0 Å². The molecule has 1 heterocycles. The molecule has 0 spiro atoms. The van der Waals surface area contributed by atoms with Gasteiger partial charge in [0.05, 0.1) is 21.6 Å². The van der Waals surface area contributed by atoms with Crippen LogP contribution in [-0.4, -0.2) is 28.5 Å². The van der Waals surface area contributed by atoms with E-state index in [1.807, 2.05) is 61.6 Å². The van der Waals surface area contributed by atoms with E-state index < -0.39 is 0 Å². The first-order valence-electron chi connectivity index (χ1n) is 7.19. The molecule has 0 N–H and O–H groups in total. The molecule has 0 saturated carbocycles. The van der Waals surface area contributed by atoms with Crippen molar-refractivity contribution < 1.29 is 0 Å². The van der Waals surface area contributed by atoms with E-state index in [2.05, 4.69) is 4.98 Å². The minimum Gasteiger partial charge on any atom is -0.383 e. The maximum Gasteiger partial charge on any atom is 0.266 e. The quantitative estimate of drug-likeness (QED) is 0.739. The van der Waals surface area contributed by atoms with Crippen molar-refractivity contribution in [2.75, 3.05) is 14.1 Å². The summed E-state index contributed by atoms with van der Waals surface area (Å²) in [5, 5.41) is 1.07. The molecule has 23 heavy (non-hydrogen) atoms. The van der Waals surface area contributed by atoms with Crippen LogP contribution in [0.1, 0.15) is 5.82 Å². The van der Waals surface area contributed by atoms with Crippen LogP contribution in [0.2, 0.25) is 5.02 Å². The Morgan fingerprint density at radius 1 is 1.09 bits per heavy atom. The van der Waals surface area contributed by atoms with Crippen molar-refractivity contribution in [2.24, 2.45) is 0 Å². The van der Waals surface area contributed by atoms with Crippen LogP contribution in [0.5, 0.6) is 0 Å². The molecule has 1 aromatic heterocycles. The van der Waals surface area contributed by atoms with Crippen LogP contribution in [0.15, 0.2) is 59.5 Å². The highest BCUT2D eigenvalue weighted by atomic mass is 35.5. The largest absolute Gasteiger partial charge is 0.383 e. The second-order valence-corrected chi connectivity index (χ2v) is 5.77. The van der Waals surface area contributed by atoms with E-state index in [1.165, 1.54) is 0 Å². The van der Waals surface area contributed by atoms with Gasteiger partial charge in [-0.3, -0.25) is 9.36 Å². The molecular weight excluding hydrogens is 310 g/mol. The molecular formula is C18H16ClN3O. The topological polar surface area (TPSA) is 38.1 Å². The second kappa shape index (κ2) is 6.26. The molecule has 2 aromatic carbocycles. The van der Waals surface area contributed by atoms with Gasteiger partial charge in [-0.2, -0.15) is 0 Å². The van der Waals surface area contributed by atoms with Gasteiger partial charge in [0.2, 0.25) is 0 Å². The van der Waals surface area contributed by atoms with E-state index in [0.29, 0.717) is 27.4 Å². The summed E-state index contributed by atoms with van der Waals surface area (Å²) in [6.07, 6.45) is 3.65. The molecule has 3 aromatic rings. The Morgan fingerprint density at radius 2 is 1.78 bits per heavy atom. The molecule has 0 bridgehead atoms. The van der Waals surface area contributed by atoms with Crippen molar-refractivity contribution in [2.45, 2.75) is 0 Å². The van der Waals surface area contributed by atoms with E-state index >= 15 is 0 Å². The third-order valence-corrected chi connectivity index (χ3v) is 3.74. The predicted molar refractivity (Wildman–Crippen MR) is 95.1 cm³/mol. The summed E-state index contributed by atoms with van der Waals surface area (Å²) in [6, 6.07) is 14.6. The molecule has 0 radical (unpaired) electrons. The fourth-order valence-electron chi connectivity index (χ4n) is 2.34. The minimum atomic E-state index is -0.137. The number of fused-ring (bicyclic) bond motifs is 1. The van der Waals surface area contributed by atoms with Gasteiger partial charge in [0.25, 0.3) is 5.56 Å². The summed E-state index contributed by atoms with van der Waals surface area (Å²) in [6.45, 7) is 0. The van der Waals surface area contributed by atoms with E-state index in [1.54, 1.807) is 22.8 Å². The van der Waals surface area contributed by atoms with Gasteiger partial charge in [-0.1, -0.05) is 35.9 Å². The van der Waals surface area contributed by atoms with Crippen molar-refractivity contribution in [3.05, 3.63) is 75.9 Å². The lowest BCUT2D eigenvalue weighted by Crippen LogP contribution is -2.22. The van der Waals surface area contributed by atoms with Gasteiger partial charge >= 0.3 is 0 Å². The summed E-state index contributed by atoms with van der Waals surface area (Å²) in [4.78, 5) is 19.5. The van der Waals surface area contributed by atoms with Gasteiger partial charge in [-0.25, -0.2) is 4.98 Å². The molecule has 0 aliphatic carbocycles. The number of nitrogens with zero attached hydrogens (tertiary/aromatic N) is 3. The monoisotopic (exact) mass is 325 g/mol. The van der Waals surface area contributed by atoms with Crippen molar-refractivity contribution in [3.63, 3.8) is 0 Å². The summed E-state index contributed by atoms with van der Waals surface area (Å²) in [5.74, 6) is 0.538. The number of hydrogen-bond donors (Lipinski definition) is 0. The zero-order valence-electron chi connectivity index (χ0n) is 12.9. The van der Waals surface area contributed by atoms with Crippen molar-refractivity contribution >= 4 is 28.6 Å². The summed E-state index contributed by atoms with van der Waals surface area (Å²) >= 11 is 6.29. The van der Waals surface area contributed by atoms with E-state index in [0.717, 1.165) is 0 Å². The molecule has 3 rings (SSSR count). The number of hydrogen-bond acceptors (Lipinski definition) is 3. The lowest BCUT2D eigenvalue weighted by atomic mass is 10.2. The maximum atomic E-state index is 13.0. The number of halogens is 1. The van der Waals surface area contributed by atoms with Crippen LogP contribution < -0.4 is 5.56 Å². The third kappa shape index (κ3) is 2.98. The molecule has 5 heteroatoms. The SMILES string of the molecule is CN(C)/C=C/c1nc2ccccc2c(=O)n1-c1ccccc1Cl. The molecule has 4 nitrogen and oxygen atoms in total. The maximum absolute atomic E-state index is 13.0. The first-order chi connectivity index (χ1) is 11.1. The van der Waals surface area contributed by atoms with Gasteiger partial charge in [0, 0.05) is 20.3 Å². The standard InChI is InChI=1S/C18H16ClN3O/c1-21(2)12-11-17-20-15-9-5-3-7-13(15)18(23)22(17)16-10-6-4-8-14(16)19/h3-12H,1-2H3/b12-11+. The van der Waals surface area contributed by atoms with Crippen LogP contribution >= 0.6 is 11.6 Å². The molecule has 0 atom stereocenters. The van der Waals surface area contributed by atoms with Crippen molar-refractivity contribution in [1.29, 1.82) is 0 Å². The average Bonchev–Trinajstić information content (AvgIpc) is 2.54. The minimum absolute atomic E-state index is 0.137.